The van der Waals surface area contributed by atoms with Crippen molar-refractivity contribution < 1.29 is 9.90 Å². The summed E-state index contributed by atoms with van der Waals surface area (Å²) in [7, 11) is 1.72. The van der Waals surface area contributed by atoms with Crippen LogP contribution in [0.3, 0.4) is 0 Å². The third kappa shape index (κ3) is 2.42. The Morgan fingerprint density at radius 3 is 2.93 bits per heavy atom. The fourth-order valence-electron chi connectivity index (χ4n) is 3.83. The quantitative estimate of drug-likeness (QED) is 0.623. The molecule has 3 atom stereocenters. The van der Waals surface area contributed by atoms with Gasteiger partial charge in [-0.15, -0.1) is 0 Å². The van der Waals surface area contributed by atoms with Crippen molar-refractivity contribution in [2.75, 3.05) is 12.8 Å². The number of rotatable bonds is 1. The van der Waals surface area contributed by atoms with Gasteiger partial charge in [0.1, 0.15) is 11.8 Å². The van der Waals surface area contributed by atoms with E-state index in [9.17, 15) is 9.90 Å². The van der Waals surface area contributed by atoms with Crippen molar-refractivity contribution in [1.82, 2.24) is 19.9 Å². The van der Waals surface area contributed by atoms with E-state index in [1.165, 1.54) is 6.33 Å². The predicted molar refractivity (Wildman–Crippen MR) is 104 cm³/mol. The Labute approximate surface area is 161 Å². The van der Waals surface area contributed by atoms with Gasteiger partial charge in [0.2, 0.25) is 5.60 Å². The highest BCUT2D eigenvalue weighted by atomic mass is 16.3. The number of hydrogen-bond acceptors (Lipinski definition) is 6. The topological polar surface area (TPSA) is 105 Å². The first kappa shape index (κ1) is 16.7. The number of carbonyl (C=O) groups is 1. The molecule has 0 radical (unpaired) electrons. The largest absolute Gasteiger partial charge is 0.382 e. The van der Waals surface area contributed by atoms with Crippen LogP contribution >= 0.6 is 0 Å². The van der Waals surface area contributed by atoms with Crippen LogP contribution in [0.5, 0.6) is 0 Å². The maximum Gasteiger partial charge on any atom is 0.267 e. The Hall–Kier alpha value is -3.50. The van der Waals surface area contributed by atoms with E-state index in [4.69, 9.17) is 5.73 Å². The molecular formula is C21H17N5O2. The molecule has 5 rings (SSSR count). The summed E-state index contributed by atoms with van der Waals surface area (Å²) in [5.41, 5.74) is 7.82. The van der Waals surface area contributed by atoms with Crippen molar-refractivity contribution in [3.05, 3.63) is 48.3 Å². The molecule has 3 N–H and O–H groups in total. The van der Waals surface area contributed by atoms with Crippen LogP contribution in [0.15, 0.2) is 42.7 Å². The predicted octanol–water partition coefficient (Wildman–Crippen LogP) is 1.22. The average Bonchev–Trinajstić information content (AvgIpc) is 3.49. The minimum Gasteiger partial charge on any atom is -0.382 e. The molecule has 0 spiro atoms. The van der Waals surface area contributed by atoms with Crippen molar-refractivity contribution in [2.24, 2.45) is 5.92 Å². The highest BCUT2D eigenvalue weighted by Crippen LogP contribution is 2.50. The summed E-state index contributed by atoms with van der Waals surface area (Å²) >= 11 is 0. The van der Waals surface area contributed by atoms with Gasteiger partial charge in [-0.1, -0.05) is 24.0 Å². The Bertz CT molecular complexity index is 1200. The standard InChI is InChI=1S/C21H17N5O2/c1-26-17-10-14(17)21(28,20(26)27)8-7-12-3-2-4-13(9-12)15-5-6-16-18(25-15)19(22)24-11-23-16/h2-6,9,11,14,17,28H,10H2,1H3,(H2,22,23,24)/t14-,17+,21-/m0/s1. The lowest BCUT2D eigenvalue weighted by Crippen LogP contribution is -2.41. The third-order valence-corrected chi connectivity index (χ3v) is 5.50. The molecule has 7 heteroatoms. The average molecular weight is 371 g/mol. The second-order valence-electron chi connectivity index (χ2n) is 7.25. The number of nitrogen functional groups attached to an aromatic ring is 1. The minimum atomic E-state index is -1.58. The first-order valence-electron chi connectivity index (χ1n) is 8.98. The third-order valence-electron chi connectivity index (χ3n) is 5.50. The number of anilines is 1. The van der Waals surface area contributed by atoms with Crippen molar-refractivity contribution >= 4 is 22.8 Å². The van der Waals surface area contributed by atoms with E-state index in [0.717, 1.165) is 17.7 Å². The Balaban J connectivity index is 1.50. The number of nitrogens with two attached hydrogens (primary N) is 1. The van der Waals surface area contributed by atoms with E-state index >= 15 is 0 Å². The van der Waals surface area contributed by atoms with Gasteiger partial charge in [0.25, 0.3) is 5.91 Å². The molecule has 0 bridgehead atoms. The molecule has 1 aromatic carbocycles. The lowest BCUT2D eigenvalue weighted by atomic mass is 9.98. The first-order chi connectivity index (χ1) is 13.5. The number of hydrogen-bond donors (Lipinski definition) is 2. The van der Waals surface area contributed by atoms with E-state index in [2.05, 4.69) is 26.8 Å². The van der Waals surface area contributed by atoms with Crippen molar-refractivity contribution in [2.45, 2.75) is 18.1 Å². The maximum absolute atomic E-state index is 12.3. The molecule has 7 nitrogen and oxygen atoms in total. The van der Waals surface area contributed by atoms with Gasteiger partial charge < -0.3 is 15.7 Å². The van der Waals surface area contributed by atoms with Crippen LogP contribution in [0.25, 0.3) is 22.3 Å². The van der Waals surface area contributed by atoms with Crippen LogP contribution in [0.2, 0.25) is 0 Å². The molecule has 1 amide bonds. The summed E-state index contributed by atoms with van der Waals surface area (Å²) in [5, 5.41) is 10.7. The molecule has 2 aromatic heterocycles. The Morgan fingerprint density at radius 2 is 2.14 bits per heavy atom. The molecule has 3 aromatic rings. The van der Waals surface area contributed by atoms with Crippen LogP contribution in [0.4, 0.5) is 5.82 Å². The van der Waals surface area contributed by atoms with Crippen molar-refractivity contribution in [1.29, 1.82) is 0 Å². The number of likely N-dealkylation sites (tertiary alicyclic amines) is 1. The molecule has 3 heterocycles. The van der Waals surface area contributed by atoms with Gasteiger partial charge in [-0.2, -0.15) is 0 Å². The zero-order valence-electron chi connectivity index (χ0n) is 15.1. The number of piperidine rings is 1. The van der Waals surface area contributed by atoms with Gasteiger partial charge in [-0.25, -0.2) is 15.0 Å². The van der Waals surface area contributed by atoms with Crippen molar-refractivity contribution in [3.63, 3.8) is 0 Å². The smallest absolute Gasteiger partial charge is 0.267 e. The number of benzene rings is 1. The number of amides is 1. The molecular weight excluding hydrogens is 354 g/mol. The molecule has 1 saturated heterocycles. The molecule has 138 valence electrons. The number of nitrogens with zero attached hydrogens (tertiary/aromatic N) is 4. The summed E-state index contributed by atoms with van der Waals surface area (Å²) in [4.78, 5) is 26.6. The van der Waals surface area contributed by atoms with Crippen LogP contribution in [-0.4, -0.2) is 49.6 Å². The summed E-state index contributed by atoms with van der Waals surface area (Å²) in [6.07, 6.45) is 2.21. The van der Waals surface area contributed by atoms with Gasteiger partial charge in [0, 0.05) is 30.1 Å². The lowest BCUT2D eigenvalue weighted by molar-refractivity contribution is -0.140. The van der Waals surface area contributed by atoms with Gasteiger partial charge >= 0.3 is 0 Å². The maximum atomic E-state index is 12.3. The zero-order valence-corrected chi connectivity index (χ0v) is 15.1. The number of pyridine rings is 1. The monoisotopic (exact) mass is 371 g/mol. The summed E-state index contributed by atoms with van der Waals surface area (Å²) in [6.45, 7) is 0. The minimum absolute atomic E-state index is 0.0918. The lowest BCUT2D eigenvalue weighted by Gasteiger charge is -2.18. The first-order valence-corrected chi connectivity index (χ1v) is 8.98. The molecule has 0 unspecified atom stereocenters. The molecule has 2 fully saturated rings. The fraction of sp³-hybridized carbons (Fsp3) is 0.238. The second kappa shape index (κ2) is 5.75. The normalized spacial score (nSPS) is 25.4. The van der Waals surface area contributed by atoms with E-state index in [-0.39, 0.29) is 17.9 Å². The molecule has 2 aliphatic rings. The van der Waals surface area contributed by atoms with Crippen LogP contribution in [0.1, 0.15) is 12.0 Å². The van der Waals surface area contributed by atoms with E-state index < -0.39 is 5.60 Å². The van der Waals surface area contributed by atoms with E-state index in [1.807, 2.05) is 36.4 Å². The fourth-order valence-corrected chi connectivity index (χ4v) is 3.83. The number of likely N-dealkylation sites (N-methyl/N-ethyl adjacent to an activating group) is 1. The summed E-state index contributed by atoms with van der Waals surface area (Å²) < 4.78 is 0. The molecule has 1 aliphatic carbocycles. The Morgan fingerprint density at radius 1 is 1.29 bits per heavy atom. The van der Waals surface area contributed by atoms with Gasteiger partial charge in [-0.3, -0.25) is 4.79 Å². The highest BCUT2D eigenvalue weighted by molar-refractivity contribution is 5.93. The number of fused-ring (bicyclic) bond motifs is 2. The summed E-state index contributed by atoms with van der Waals surface area (Å²) in [5.74, 6) is 5.71. The number of carbonyl (C=O) groups excluding carboxylic acids is 1. The molecule has 28 heavy (non-hydrogen) atoms. The summed E-state index contributed by atoms with van der Waals surface area (Å²) in [6, 6.07) is 11.3. The number of aliphatic hydroxyl groups is 1. The van der Waals surface area contributed by atoms with Crippen molar-refractivity contribution in [3.8, 4) is 23.1 Å². The Kier molecular flexibility index (Phi) is 3.42. The number of aromatic nitrogens is 3. The zero-order chi connectivity index (χ0) is 19.5. The van der Waals surface area contributed by atoms with Crippen LogP contribution < -0.4 is 5.73 Å². The molecule has 1 aliphatic heterocycles. The molecule has 1 saturated carbocycles. The highest BCUT2D eigenvalue weighted by Gasteiger charge is 2.66. The van der Waals surface area contributed by atoms with Gasteiger partial charge in [-0.05, 0) is 30.7 Å². The SMILES string of the molecule is CN1C(=O)[C@](O)(C#Cc2cccc(-c3ccc4ncnc(N)c4n3)c2)[C@H]2C[C@H]21. The van der Waals surface area contributed by atoms with Crippen LogP contribution in [-0.2, 0) is 4.79 Å². The second-order valence-corrected chi connectivity index (χ2v) is 7.25. The van der Waals surface area contributed by atoms with E-state index in [0.29, 0.717) is 22.4 Å². The van der Waals surface area contributed by atoms with Gasteiger partial charge in [0.15, 0.2) is 5.82 Å². The van der Waals surface area contributed by atoms with Crippen LogP contribution in [0, 0.1) is 17.8 Å². The van der Waals surface area contributed by atoms with E-state index in [1.54, 1.807) is 11.9 Å². The van der Waals surface area contributed by atoms with Gasteiger partial charge in [0.05, 0.1) is 11.2 Å².